The summed E-state index contributed by atoms with van der Waals surface area (Å²) in [5.74, 6) is -1.22. The second-order valence-corrected chi connectivity index (χ2v) is 6.96. The summed E-state index contributed by atoms with van der Waals surface area (Å²) in [6, 6.07) is 0. The number of esters is 2. The first-order valence-corrected chi connectivity index (χ1v) is 7.67. The Morgan fingerprint density at radius 1 is 1.55 bits per heavy atom. The Hall–Kier alpha value is -1.62. The molecule has 0 unspecified atom stereocenters. The third-order valence-electron chi connectivity index (χ3n) is 5.57. The normalized spacial score (nSPS) is 43.8. The number of carbonyl (C=O) groups is 2. The van der Waals surface area contributed by atoms with Crippen LogP contribution in [-0.4, -0.2) is 35.4 Å². The van der Waals surface area contributed by atoms with Crippen LogP contribution < -0.4 is 0 Å². The lowest BCUT2D eigenvalue weighted by molar-refractivity contribution is -0.173. The monoisotopic (exact) mass is 306 g/mol. The first-order chi connectivity index (χ1) is 10.3. The number of fused-ring (bicyclic) bond motifs is 3. The van der Waals surface area contributed by atoms with Gasteiger partial charge in [0.25, 0.3) is 0 Å². The van der Waals surface area contributed by atoms with Gasteiger partial charge in [-0.15, -0.1) is 0 Å². The number of rotatable bonds is 1. The molecule has 22 heavy (non-hydrogen) atoms. The van der Waals surface area contributed by atoms with E-state index in [2.05, 4.69) is 6.58 Å². The highest BCUT2D eigenvalue weighted by Gasteiger charge is 2.61. The van der Waals surface area contributed by atoms with E-state index in [0.29, 0.717) is 18.4 Å². The van der Waals surface area contributed by atoms with Gasteiger partial charge in [0.05, 0.1) is 12.0 Å². The predicted octanol–water partition coefficient (Wildman–Crippen LogP) is 1.75. The summed E-state index contributed by atoms with van der Waals surface area (Å²) < 4.78 is 11.0. The lowest BCUT2D eigenvalue weighted by atomic mass is 9.54. The molecule has 0 aromatic heterocycles. The van der Waals surface area contributed by atoms with Crippen molar-refractivity contribution in [3.05, 3.63) is 23.8 Å². The lowest BCUT2D eigenvalue weighted by Gasteiger charge is -2.53. The van der Waals surface area contributed by atoms with Crippen LogP contribution in [0.25, 0.3) is 0 Å². The molecule has 120 valence electrons. The topological polar surface area (TPSA) is 72.8 Å². The summed E-state index contributed by atoms with van der Waals surface area (Å²) in [7, 11) is 0. The Balaban J connectivity index is 2.06. The molecular formula is C17H22O5. The molecular weight excluding hydrogens is 284 g/mol. The quantitative estimate of drug-likeness (QED) is 0.454. The first-order valence-electron chi connectivity index (χ1n) is 7.67. The van der Waals surface area contributed by atoms with Crippen LogP contribution in [0.3, 0.4) is 0 Å². The van der Waals surface area contributed by atoms with E-state index in [0.717, 1.165) is 5.57 Å². The molecule has 0 bridgehead atoms. The summed E-state index contributed by atoms with van der Waals surface area (Å²) in [4.78, 5) is 23.4. The third kappa shape index (κ3) is 2.02. The van der Waals surface area contributed by atoms with Gasteiger partial charge in [0.15, 0.2) is 0 Å². The highest BCUT2D eigenvalue weighted by molar-refractivity contribution is 5.91. The van der Waals surface area contributed by atoms with Gasteiger partial charge in [0.1, 0.15) is 12.2 Å². The lowest BCUT2D eigenvalue weighted by Crippen LogP contribution is -2.57. The largest absolute Gasteiger partial charge is 0.462 e. The van der Waals surface area contributed by atoms with Crippen molar-refractivity contribution in [3.8, 4) is 0 Å². The fraction of sp³-hybridized carbons (Fsp3) is 0.647. The van der Waals surface area contributed by atoms with Crippen LogP contribution in [0.5, 0.6) is 0 Å². The van der Waals surface area contributed by atoms with Crippen molar-refractivity contribution in [1.29, 1.82) is 0 Å². The van der Waals surface area contributed by atoms with Gasteiger partial charge in [-0.25, -0.2) is 4.79 Å². The minimum Gasteiger partial charge on any atom is -0.462 e. The second kappa shape index (κ2) is 4.95. The Labute approximate surface area is 130 Å². The maximum absolute atomic E-state index is 12.0. The molecule has 0 aromatic rings. The van der Waals surface area contributed by atoms with Crippen molar-refractivity contribution in [2.75, 3.05) is 0 Å². The average Bonchev–Trinajstić information content (AvgIpc) is 2.70. The summed E-state index contributed by atoms with van der Waals surface area (Å²) in [6.45, 7) is 9.18. The fourth-order valence-corrected chi connectivity index (χ4v) is 4.53. The zero-order valence-electron chi connectivity index (χ0n) is 13.2. The molecule has 0 radical (unpaired) electrons. The van der Waals surface area contributed by atoms with Crippen LogP contribution in [0.1, 0.15) is 33.6 Å². The highest BCUT2D eigenvalue weighted by Crippen LogP contribution is 2.56. The molecule has 2 aliphatic carbocycles. The molecule has 0 aromatic carbocycles. The maximum Gasteiger partial charge on any atom is 0.334 e. The molecule has 1 saturated carbocycles. The van der Waals surface area contributed by atoms with Crippen LogP contribution in [0.2, 0.25) is 0 Å². The molecule has 1 heterocycles. The summed E-state index contributed by atoms with van der Waals surface area (Å²) in [5.41, 5.74) is 1.00. The SMILES string of the molecule is C=C1C(=O)O[C@H]2[C@H]1[C@@H](OC(C)=O)C[C@]1(C)[C@@H]2C(C)=CC[C@@H]1O. The van der Waals surface area contributed by atoms with Crippen molar-refractivity contribution < 1.29 is 24.2 Å². The molecule has 3 rings (SSSR count). The third-order valence-corrected chi connectivity index (χ3v) is 5.57. The van der Waals surface area contributed by atoms with E-state index in [1.54, 1.807) is 0 Å². The Morgan fingerprint density at radius 2 is 2.23 bits per heavy atom. The minimum atomic E-state index is -0.548. The van der Waals surface area contributed by atoms with Gasteiger partial charge >= 0.3 is 11.9 Å². The number of hydrogen-bond acceptors (Lipinski definition) is 5. The number of carbonyl (C=O) groups excluding carboxylic acids is 2. The molecule has 1 saturated heterocycles. The Morgan fingerprint density at radius 3 is 2.86 bits per heavy atom. The van der Waals surface area contributed by atoms with Gasteiger partial charge in [-0.3, -0.25) is 4.79 Å². The molecule has 1 N–H and O–H groups in total. The summed E-state index contributed by atoms with van der Waals surface area (Å²) in [6.07, 6.45) is 1.62. The van der Waals surface area contributed by atoms with Crippen LogP contribution in [0.4, 0.5) is 0 Å². The number of aliphatic hydroxyl groups is 1. The van der Waals surface area contributed by atoms with Crippen LogP contribution in [-0.2, 0) is 19.1 Å². The van der Waals surface area contributed by atoms with Gasteiger partial charge in [-0.05, 0) is 19.8 Å². The highest BCUT2D eigenvalue weighted by atomic mass is 16.6. The molecule has 2 fully saturated rings. The number of ether oxygens (including phenoxy) is 2. The molecule has 5 nitrogen and oxygen atoms in total. The number of aliphatic hydroxyl groups excluding tert-OH is 1. The van der Waals surface area contributed by atoms with E-state index in [-0.39, 0.29) is 11.8 Å². The minimum absolute atomic E-state index is 0.0729. The molecule has 6 atom stereocenters. The van der Waals surface area contributed by atoms with E-state index < -0.39 is 35.7 Å². The van der Waals surface area contributed by atoms with E-state index in [1.165, 1.54) is 6.92 Å². The summed E-state index contributed by atoms with van der Waals surface area (Å²) >= 11 is 0. The molecule has 0 spiro atoms. The Kier molecular flexibility index (Phi) is 3.44. The zero-order valence-corrected chi connectivity index (χ0v) is 13.2. The van der Waals surface area contributed by atoms with Crippen molar-refractivity contribution in [1.82, 2.24) is 0 Å². The van der Waals surface area contributed by atoms with Gasteiger partial charge < -0.3 is 14.6 Å². The van der Waals surface area contributed by atoms with Crippen LogP contribution >= 0.6 is 0 Å². The maximum atomic E-state index is 12.0. The predicted molar refractivity (Wildman–Crippen MR) is 78.7 cm³/mol. The molecule has 5 heteroatoms. The van der Waals surface area contributed by atoms with Crippen LogP contribution in [0, 0.1) is 17.3 Å². The van der Waals surface area contributed by atoms with Crippen molar-refractivity contribution in [2.45, 2.75) is 51.9 Å². The van der Waals surface area contributed by atoms with Crippen molar-refractivity contribution in [2.24, 2.45) is 17.3 Å². The standard InChI is InChI=1S/C17H22O5/c1-8-5-6-12(19)17(4)7-11(21-10(3)18)13-9(2)16(20)22-15(13)14(8)17/h5,11-15,19H,2,6-7H2,1,3-4H3/t11-,12-,13+,14+,15-,17-/m0/s1. The van der Waals surface area contributed by atoms with Gasteiger partial charge in [0, 0.05) is 23.8 Å². The van der Waals surface area contributed by atoms with E-state index in [9.17, 15) is 14.7 Å². The van der Waals surface area contributed by atoms with Crippen molar-refractivity contribution >= 4 is 11.9 Å². The summed E-state index contributed by atoms with van der Waals surface area (Å²) in [5, 5.41) is 10.5. The van der Waals surface area contributed by atoms with Crippen LogP contribution in [0.15, 0.2) is 23.8 Å². The zero-order chi connectivity index (χ0) is 16.2. The van der Waals surface area contributed by atoms with E-state index in [1.807, 2.05) is 19.9 Å². The van der Waals surface area contributed by atoms with E-state index >= 15 is 0 Å². The first kappa shape index (κ1) is 15.3. The number of hydrogen-bond donors (Lipinski definition) is 1. The molecule has 0 amide bonds. The van der Waals surface area contributed by atoms with Crippen molar-refractivity contribution in [3.63, 3.8) is 0 Å². The van der Waals surface area contributed by atoms with Gasteiger partial charge in [0.2, 0.25) is 0 Å². The fourth-order valence-electron chi connectivity index (χ4n) is 4.53. The smallest absolute Gasteiger partial charge is 0.334 e. The average molecular weight is 306 g/mol. The van der Waals surface area contributed by atoms with Gasteiger partial charge in [-0.2, -0.15) is 0 Å². The molecule has 3 aliphatic rings. The van der Waals surface area contributed by atoms with Gasteiger partial charge in [-0.1, -0.05) is 25.2 Å². The second-order valence-electron chi connectivity index (χ2n) is 6.96. The Bertz CT molecular complexity index is 578. The molecule has 1 aliphatic heterocycles. The van der Waals surface area contributed by atoms with E-state index in [4.69, 9.17) is 9.47 Å².